The molecule has 0 aromatic heterocycles. The van der Waals surface area contributed by atoms with Crippen LogP contribution in [0, 0.1) is 39.4 Å². The molecule has 2 saturated carbocycles. The highest BCUT2D eigenvalue weighted by atomic mass is 16.3. The van der Waals surface area contributed by atoms with Crippen LogP contribution in [0.1, 0.15) is 113 Å². The summed E-state index contributed by atoms with van der Waals surface area (Å²) in [5.41, 5.74) is 5.81. The van der Waals surface area contributed by atoms with Crippen molar-refractivity contribution in [3.63, 3.8) is 0 Å². The molecule has 1 N–H and O–H groups in total. The van der Waals surface area contributed by atoms with Crippen molar-refractivity contribution in [1.82, 2.24) is 0 Å². The van der Waals surface area contributed by atoms with Gasteiger partial charge in [-0.25, -0.2) is 0 Å². The van der Waals surface area contributed by atoms with E-state index in [0.29, 0.717) is 16.7 Å². The van der Waals surface area contributed by atoms with Gasteiger partial charge in [0.05, 0.1) is 6.10 Å². The van der Waals surface area contributed by atoms with Crippen molar-refractivity contribution in [3.05, 3.63) is 34.9 Å². The van der Waals surface area contributed by atoms with Gasteiger partial charge in [-0.2, -0.15) is 0 Å². The predicted octanol–water partition coefficient (Wildman–Crippen LogP) is 8.65. The Morgan fingerprint density at radius 3 is 2.50 bits per heavy atom. The average molecular weight is 439 g/mol. The molecule has 0 aliphatic heterocycles. The van der Waals surface area contributed by atoms with Crippen LogP contribution in [0.5, 0.6) is 0 Å². The molecule has 2 fully saturated rings. The summed E-state index contributed by atoms with van der Waals surface area (Å²) in [4.78, 5) is 0. The van der Waals surface area contributed by atoms with Gasteiger partial charge in [-0.05, 0) is 115 Å². The molecule has 0 heterocycles. The van der Waals surface area contributed by atoms with Crippen LogP contribution < -0.4 is 0 Å². The monoisotopic (exact) mass is 438 g/mol. The lowest BCUT2D eigenvalue weighted by Gasteiger charge is -2.61. The second-order valence-corrected chi connectivity index (χ2v) is 13.4. The van der Waals surface area contributed by atoms with E-state index in [2.05, 4.69) is 73.6 Å². The molecular formula is C31H50O. The zero-order valence-electron chi connectivity index (χ0n) is 22.4. The van der Waals surface area contributed by atoms with Gasteiger partial charge in [-0.15, -0.1) is 0 Å². The minimum atomic E-state index is -0.164. The van der Waals surface area contributed by atoms with Crippen LogP contribution in [0.4, 0.5) is 0 Å². The minimum absolute atomic E-state index is 0.00557. The van der Waals surface area contributed by atoms with Crippen LogP contribution in [0.3, 0.4) is 0 Å². The van der Waals surface area contributed by atoms with Crippen molar-refractivity contribution in [2.45, 2.75) is 119 Å². The molecule has 0 spiro atoms. The largest absolute Gasteiger partial charge is 0.393 e. The van der Waals surface area contributed by atoms with E-state index in [-0.39, 0.29) is 16.9 Å². The lowest BCUT2D eigenvalue weighted by Crippen LogP contribution is -2.54. The predicted molar refractivity (Wildman–Crippen MR) is 137 cm³/mol. The van der Waals surface area contributed by atoms with Crippen LogP contribution in [0.15, 0.2) is 34.9 Å². The molecule has 0 bridgehead atoms. The van der Waals surface area contributed by atoms with E-state index in [1.165, 1.54) is 38.5 Å². The van der Waals surface area contributed by atoms with E-state index in [1.807, 2.05) is 0 Å². The van der Waals surface area contributed by atoms with E-state index in [0.717, 1.165) is 31.1 Å². The van der Waals surface area contributed by atoms with E-state index in [1.54, 1.807) is 16.7 Å². The van der Waals surface area contributed by atoms with Crippen molar-refractivity contribution >= 4 is 0 Å². The molecule has 0 saturated heterocycles. The Balaban J connectivity index is 1.63. The third-order valence-electron chi connectivity index (χ3n) is 11.6. The normalized spacial score (nSPS) is 44.2. The standard InChI is InChI=1S/C31H50O/c1-9-21(2)11-10-12-22(3)23-15-19-31(8)25-13-14-26-28(4,5)27(32)17-18-29(26,6)24(25)16-20-30(23,31)7/h11,13,16,22-23,26-27,32H,9-10,12,14-15,17-20H2,1-8H3/b21-11+/t22-,23-,26+,27-,29-,30-,31+/m1/s1. The Labute approximate surface area is 198 Å². The van der Waals surface area contributed by atoms with E-state index < -0.39 is 0 Å². The highest BCUT2D eigenvalue weighted by Gasteiger charge is 2.62. The Morgan fingerprint density at radius 2 is 1.81 bits per heavy atom. The van der Waals surface area contributed by atoms with Gasteiger partial charge in [0, 0.05) is 0 Å². The fourth-order valence-electron chi connectivity index (χ4n) is 8.88. The summed E-state index contributed by atoms with van der Waals surface area (Å²) in [7, 11) is 0. The number of aliphatic hydroxyl groups is 1. The van der Waals surface area contributed by atoms with Crippen molar-refractivity contribution in [1.29, 1.82) is 0 Å². The van der Waals surface area contributed by atoms with Gasteiger partial charge >= 0.3 is 0 Å². The number of allylic oxidation sites excluding steroid dienone is 6. The SMILES string of the molecule is CC/C(C)=C/CC[C@@H](C)[C@H]1CC[C@@]2(C)C3=CC[C@H]4C(C)(C)[C@H](O)CC[C@]4(C)C3=CC[C@]12C. The minimum Gasteiger partial charge on any atom is -0.393 e. The molecule has 0 radical (unpaired) electrons. The third-order valence-corrected chi connectivity index (χ3v) is 11.6. The maximum Gasteiger partial charge on any atom is 0.0594 e. The van der Waals surface area contributed by atoms with Crippen molar-refractivity contribution in [2.24, 2.45) is 39.4 Å². The highest BCUT2D eigenvalue weighted by Crippen LogP contribution is 2.71. The lowest BCUT2D eigenvalue weighted by atomic mass is 9.44. The fourth-order valence-corrected chi connectivity index (χ4v) is 8.88. The number of aliphatic hydroxyl groups excluding tert-OH is 1. The Morgan fingerprint density at radius 1 is 1.09 bits per heavy atom. The molecule has 4 aliphatic rings. The first kappa shape index (κ1) is 24.3. The van der Waals surface area contributed by atoms with E-state index in [9.17, 15) is 5.11 Å². The number of hydrogen-bond donors (Lipinski definition) is 1. The average Bonchev–Trinajstić information content (AvgIpc) is 3.02. The van der Waals surface area contributed by atoms with Gasteiger partial charge < -0.3 is 5.11 Å². The van der Waals surface area contributed by atoms with Gasteiger partial charge in [0.25, 0.3) is 0 Å². The lowest BCUT2D eigenvalue weighted by molar-refractivity contribution is -0.0851. The summed E-state index contributed by atoms with van der Waals surface area (Å²) >= 11 is 0. The number of rotatable bonds is 5. The fraction of sp³-hybridized carbons (Fsp3) is 0.806. The van der Waals surface area contributed by atoms with E-state index >= 15 is 0 Å². The maximum atomic E-state index is 10.8. The zero-order chi connectivity index (χ0) is 23.5. The molecular weight excluding hydrogens is 388 g/mol. The summed E-state index contributed by atoms with van der Waals surface area (Å²) in [6.07, 6.45) is 18.6. The number of hydrogen-bond acceptors (Lipinski definition) is 1. The first-order valence-corrected chi connectivity index (χ1v) is 13.7. The molecule has 180 valence electrons. The molecule has 0 unspecified atom stereocenters. The molecule has 32 heavy (non-hydrogen) atoms. The quantitative estimate of drug-likeness (QED) is 0.426. The molecule has 0 amide bonds. The van der Waals surface area contributed by atoms with Gasteiger partial charge in [-0.1, -0.05) is 72.3 Å². The van der Waals surface area contributed by atoms with Crippen LogP contribution in [-0.2, 0) is 0 Å². The van der Waals surface area contributed by atoms with Crippen LogP contribution in [0.2, 0.25) is 0 Å². The molecule has 0 aromatic carbocycles. The van der Waals surface area contributed by atoms with Crippen LogP contribution >= 0.6 is 0 Å². The molecule has 1 heteroatoms. The molecule has 1 nitrogen and oxygen atoms in total. The van der Waals surface area contributed by atoms with Gasteiger partial charge in [0.2, 0.25) is 0 Å². The molecule has 4 aliphatic carbocycles. The van der Waals surface area contributed by atoms with Crippen molar-refractivity contribution in [3.8, 4) is 0 Å². The molecule has 7 atom stereocenters. The molecule has 0 aromatic rings. The third kappa shape index (κ3) is 3.35. The van der Waals surface area contributed by atoms with Crippen LogP contribution in [0.25, 0.3) is 0 Å². The summed E-state index contributed by atoms with van der Waals surface area (Å²) in [5, 5.41) is 10.8. The Hall–Kier alpha value is -0.820. The van der Waals surface area contributed by atoms with Crippen molar-refractivity contribution < 1.29 is 5.11 Å². The summed E-state index contributed by atoms with van der Waals surface area (Å²) in [6, 6.07) is 0. The Bertz CT molecular complexity index is 827. The van der Waals surface area contributed by atoms with Crippen LogP contribution in [-0.4, -0.2) is 11.2 Å². The summed E-state index contributed by atoms with van der Waals surface area (Å²) in [5.74, 6) is 2.15. The second-order valence-electron chi connectivity index (χ2n) is 13.4. The topological polar surface area (TPSA) is 20.2 Å². The zero-order valence-corrected chi connectivity index (χ0v) is 22.4. The maximum absolute atomic E-state index is 10.8. The van der Waals surface area contributed by atoms with Gasteiger partial charge in [0.15, 0.2) is 0 Å². The first-order chi connectivity index (χ1) is 14.9. The second kappa shape index (κ2) is 8.14. The summed E-state index contributed by atoms with van der Waals surface area (Å²) < 4.78 is 0. The molecule has 4 rings (SSSR count). The van der Waals surface area contributed by atoms with Gasteiger partial charge in [0.1, 0.15) is 0 Å². The smallest absolute Gasteiger partial charge is 0.0594 e. The number of fused-ring (bicyclic) bond motifs is 5. The van der Waals surface area contributed by atoms with E-state index in [4.69, 9.17) is 0 Å². The first-order valence-electron chi connectivity index (χ1n) is 13.7. The summed E-state index contributed by atoms with van der Waals surface area (Å²) in [6.45, 7) is 19.5. The van der Waals surface area contributed by atoms with Gasteiger partial charge in [-0.3, -0.25) is 0 Å². The Kier molecular flexibility index (Phi) is 6.19. The van der Waals surface area contributed by atoms with Crippen molar-refractivity contribution in [2.75, 3.05) is 0 Å². The highest BCUT2D eigenvalue weighted by molar-refractivity contribution is 5.49.